The second-order valence-electron chi connectivity index (χ2n) is 3.74. The molecule has 0 aliphatic carbocycles. The second-order valence-corrected chi connectivity index (χ2v) is 3.74. The van der Waals surface area contributed by atoms with E-state index < -0.39 is 11.9 Å². The van der Waals surface area contributed by atoms with Gasteiger partial charge in [0.1, 0.15) is 0 Å². The van der Waals surface area contributed by atoms with Gasteiger partial charge in [-0.1, -0.05) is 18.2 Å². The average Bonchev–Trinajstić information content (AvgIpc) is 2.44. The summed E-state index contributed by atoms with van der Waals surface area (Å²) in [6.07, 6.45) is 2.33. The molecule has 0 spiro atoms. The number of carboxylic acid groups (broad SMARTS) is 1. The Kier molecular flexibility index (Phi) is 9.60. The van der Waals surface area contributed by atoms with Gasteiger partial charge < -0.3 is 14.6 Å². The first-order valence-corrected chi connectivity index (χ1v) is 6.13. The molecule has 0 unspecified atom stereocenters. The van der Waals surface area contributed by atoms with Crippen LogP contribution in [0.5, 0.6) is 0 Å². The van der Waals surface area contributed by atoms with Crippen LogP contribution in [0.3, 0.4) is 0 Å². The summed E-state index contributed by atoms with van der Waals surface area (Å²) in [5, 5.41) is 8.90. The first-order chi connectivity index (χ1) is 9.58. The zero-order chi connectivity index (χ0) is 15.4. The number of ether oxygens (including phenoxy) is 2. The van der Waals surface area contributed by atoms with Crippen molar-refractivity contribution in [2.24, 2.45) is 0 Å². The Bertz CT molecular complexity index is 440. The molecule has 1 rings (SSSR count). The number of hydrogen-bond donors (Lipinski definition) is 1. The Morgan fingerprint density at radius 2 is 1.80 bits per heavy atom. The zero-order valence-corrected chi connectivity index (χ0v) is 11.8. The van der Waals surface area contributed by atoms with Crippen LogP contribution >= 0.6 is 0 Å². The second kappa shape index (κ2) is 10.8. The first kappa shape index (κ1) is 17.9. The minimum Gasteiger partial charge on any atom is -0.478 e. The Labute approximate surface area is 118 Å². The molecule has 0 heterocycles. The molecule has 1 aromatic carbocycles. The quantitative estimate of drug-likeness (QED) is 0.493. The summed E-state index contributed by atoms with van der Waals surface area (Å²) in [5.74, 6) is -1.77. The largest absolute Gasteiger partial charge is 0.478 e. The predicted octanol–water partition coefficient (Wildman–Crippen LogP) is 2.77. The number of carbonyl (C=O) groups excluding carboxylic acids is 1. The van der Waals surface area contributed by atoms with Gasteiger partial charge in [-0.3, -0.25) is 0 Å². The van der Waals surface area contributed by atoms with Gasteiger partial charge in [0.2, 0.25) is 0 Å². The summed E-state index contributed by atoms with van der Waals surface area (Å²) in [7, 11) is 1.56. The van der Waals surface area contributed by atoms with Crippen molar-refractivity contribution in [1.82, 2.24) is 0 Å². The number of allylic oxidation sites excluding steroid dienone is 1. The lowest BCUT2D eigenvalue weighted by molar-refractivity contribution is 0.0459. The Hall–Kier alpha value is -2.14. The highest BCUT2D eigenvalue weighted by Gasteiger charge is 2.16. The number of carboxylic acids is 1. The minimum atomic E-state index is -1.14. The molecule has 0 saturated carbocycles. The number of aromatic carboxylic acids is 1. The van der Waals surface area contributed by atoms with E-state index in [0.717, 1.165) is 0 Å². The summed E-state index contributed by atoms with van der Waals surface area (Å²) < 4.78 is 9.74. The molecular weight excluding hydrogens is 260 g/mol. The van der Waals surface area contributed by atoms with Gasteiger partial charge in [-0.2, -0.15) is 0 Å². The van der Waals surface area contributed by atoms with Crippen molar-refractivity contribution in [3.05, 3.63) is 48.0 Å². The number of rotatable bonds is 6. The van der Waals surface area contributed by atoms with Crippen molar-refractivity contribution in [2.75, 3.05) is 20.3 Å². The van der Waals surface area contributed by atoms with Crippen molar-refractivity contribution < 1.29 is 24.2 Å². The van der Waals surface area contributed by atoms with Gasteiger partial charge >= 0.3 is 11.9 Å². The maximum Gasteiger partial charge on any atom is 0.339 e. The minimum absolute atomic E-state index is 0.0516. The Morgan fingerprint density at radius 3 is 2.30 bits per heavy atom. The van der Waals surface area contributed by atoms with Gasteiger partial charge in [0.15, 0.2) is 0 Å². The van der Waals surface area contributed by atoms with Gasteiger partial charge in [-0.25, -0.2) is 9.59 Å². The monoisotopic (exact) mass is 280 g/mol. The molecular formula is C15H20O5. The molecule has 0 aliphatic heterocycles. The van der Waals surface area contributed by atoms with Crippen LogP contribution in [-0.4, -0.2) is 37.4 Å². The van der Waals surface area contributed by atoms with Crippen molar-refractivity contribution >= 4 is 11.9 Å². The van der Waals surface area contributed by atoms with E-state index in [1.165, 1.54) is 12.1 Å². The number of carbonyl (C=O) groups is 2. The summed E-state index contributed by atoms with van der Waals surface area (Å²) >= 11 is 0. The number of esters is 1. The summed E-state index contributed by atoms with van der Waals surface area (Å²) in [6, 6.07) is 5.96. The fraction of sp³-hybridized carbons (Fsp3) is 0.333. The van der Waals surface area contributed by atoms with Gasteiger partial charge in [-0.15, -0.1) is 6.58 Å². The first-order valence-electron chi connectivity index (χ1n) is 6.13. The molecule has 20 heavy (non-hydrogen) atoms. The van der Waals surface area contributed by atoms with Gasteiger partial charge in [-0.05, 0) is 19.1 Å². The molecule has 5 heteroatoms. The van der Waals surface area contributed by atoms with E-state index >= 15 is 0 Å². The van der Waals surface area contributed by atoms with Crippen molar-refractivity contribution in [3.63, 3.8) is 0 Å². The van der Waals surface area contributed by atoms with Crippen LogP contribution in [0.1, 0.15) is 34.1 Å². The summed E-state index contributed by atoms with van der Waals surface area (Å²) in [6.45, 7) is 5.95. The molecule has 0 amide bonds. The van der Waals surface area contributed by atoms with Crippen LogP contribution in [0.2, 0.25) is 0 Å². The van der Waals surface area contributed by atoms with Crippen LogP contribution in [0, 0.1) is 0 Å². The van der Waals surface area contributed by atoms with Crippen molar-refractivity contribution in [1.29, 1.82) is 0 Å². The standard InChI is InChI=1S/C12H14O5.C3H6/c1-16-7-4-8-17-12(15)10-6-3-2-5-9(10)11(13)14;1-3-2/h2-3,5-6H,4,7-8H2,1H3,(H,13,14);3H,1H2,2H3. The molecule has 1 N–H and O–H groups in total. The lowest BCUT2D eigenvalue weighted by atomic mass is 10.1. The van der Waals surface area contributed by atoms with Crippen LogP contribution in [0.25, 0.3) is 0 Å². The third-order valence-corrected chi connectivity index (χ3v) is 2.10. The van der Waals surface area contributed by atoms with E-state index in [-0.39, 0.29) is 17.7 Å². The maximum atomic E-state index is 11.6. The fourth-order valence-electron chi connectivity index (χ4n) is 1.29. The molecule has 0 fully saturated rings. The normalized spacial score (nSPS) is 9.10. The molecule has 0 saturated heterocycles. The van der Waals surface area contributed by atoms with Gasteiger partial charge in [0, 0.05) is 20.1 Å². The molecule has 0 radical (unpaired) electrons. The van der Waals surface area contributed by atoms with E-state index in [4.69, 9.17) is 14.6 Å². The van der Waals surface area contributed by atoms with E-state index in [1.807, 2.05) is 6.92 Å². The molecule has 0 bridgehead atoms. The SMILES string of the molecule is C=CC.COCCCOC(=O)c1ccccc1C(=O)O. The third-order valence-electron chi connectivity index (χ3n) is 2.10. The summed E-state index contributed by atoms with van der Waals surface area (Å²) in [5.41, 5.74) is 0.0154. The fourth-order valence-corrected chi connectivity index (χ4v) is 1.29. The Balaban J connectivity index is 0.00000110. The van der Waals surface area contributed by atoms with E-state index in [1.54, 1.807) is 25.3 Å². The van der Waals surface area contributed by atoms with E-state index in [0.29, 0.717) is 13.0 Å². The lowest BCUT2D eigenvalue weighted by Gasteiger charge is -2.06. The molecule has 0 aromatic heterocycles. The van der Waals surface area contributed by atoms with Crippen molar-refractivity contribution in [3.8, 4) is 0 Å². The maximum absolute atomic E-state index is 11.6. The van der Waals surface area contributed by atoms with Gasteiger partial charge in [0.05, 0.1) is 17.7 Å². The van der Waals surface area contributed by atoms with Crippen LogP contribution in [0.4, 0.5) is 0 Å². The zero-order valence-electron chi connectivity index (χ0n) is 11.8. The van der Waals surface area contributed by atoms with Crippen LogP contribution < -0.4 is 0 Å². The van der Waals surface area contributed by atoms with Crippen LogP contribution in [-0.2, 0) is 9.47 Å². The van der Waals surface area contributed by atoms with Gasteiger partial charge in [0.25, 0.3) is 0 Å². The molecule has 0 aliphatic rings. The highest BCUT2D eigenvalue weighted by Crippen LogP contribution is 2.10. The average molecular weight is 280 g/mol. The molecule has 110 valence electrons. The third kappa shape index (κ3) is 6.70. The highest BCUT2D eigenvalue weighted by atomic mass is 16.5. The molecule has 1 aromatic rings. The number of benzene rings is 1. The smallest absolute Gasteiger partial charge is 0.339 e. The highest BCUT2D eigenvalue weighted by molar-refractivity contribution is 6.02. The van der Waals surface area contributed by atoms with Crippen LogP contribution in [0.15, 0.2) is 36.9 Å². The predicted molar refractivity (Wildman–Crippen MR) is 76.0 cm³/mol. The lowest BCUT2D eigenvalue weighted by Crippen LogP contribution is -2.12. The number of methoxy groups -OCH3 is 1. The molecule has 5 nitrogen and oxygen atoms in total. The van der Waals surface area contributed by atoms with E-state index in [9.17, 15) is 9.59 Å². The summed E-state index contributed by atoms with van der Waals surface area (Å²) in [4.78, 5) is 22.5. The van der Waals surface area contributed by atoms with E-state index in [2.05, 4.69) is 6.58 Å². The number of hydrogen-bond acceptors (Lipinski definition) is 4. The van der Waals surface area contributed by atoms with Crippen molar-refractivity contribution in [2.45, 2.75) is 13.3 Å². The Morgan fingerprint density at radius 1 is 1.25 bits per heavy atom. The topological polar surface area (TPSA) is 72.8 Å². The molecule has 0 atom stereocenters.